The molecule has 0 spiro atoms. The van der Waals surface area contributed by atoms with Crippen molar-refractivity contribution in [3.8, 4) is 0 Å². The fourth-order valence-corrected chi connectivity index (χ4v) is 3.18. The predicted molar refractivity (Wildman–Crippen MR) is 112 cm³/mol. The van der Waals surface area contributed by atoms with E-state index in [1.54, 1.807) is 19.1 Å². The first-order valence-electron chi connectivity index (χ1n) is 9.65. The number of anilines is 1. The van der Waals surface area contributed by atoms with E-state index in [9.17, 15) is 24.6 Å². The molecule has 0 aliphatic carbocycles. The SMILES string of the molecule is COC(=O)c1cc(C)cc(NC(=O)[C@H](O)[C@@H](O)C(=O)C[C@H](C)Cc2ccccc2)c1. The van der Waals surface area contributed by atoms with E-state index in [2.05, 4.69) is 10.1 Å². The summed E-state index contributed by atoms with van der Waals surface area (Å²) in [5.41, 5.74) is 2.23. The second-order valence-corrected chi connectivity index (χ2v) is 7.42. The van der Waals surface area contributed by atoms with Crippen LogP contribution in [-0.2, 0) is 20.7 Å². The van der Waals surface area contributed by atoms with Crippen LogP contribution in [0.2, 0.25) is 0 Å². The zero-order chi connectivity index (χ0) is 22.3. The van der Waals surface area contributed by atoms with Crippen LogP contribution >= 0.6 is 0 Å². The number of Topliss-reactive ketones (excluding diaryl/α,β-unsaturated/α-hetero) is 1. The summed E-state index contributed by atoms with van der Waals surface area (Å²) < 4.78 is 4.66. The Hall–Kier alpha value is -3.03. The molecule has 0 aliphatic heterocycles. The molecule has 30 heavy (non-hydrogen) atoms. The summed E-state index contributed by atoms with van der Waals surface area (Å²) in [5, 5.41) is 22.7. The molecule has 7 heteroatoms. The highest BCUT2D eigenvalue weighted by Crippen LogP contribution is 2.17. The zero-order valence-corrected chi connectivity index (χ0v) is 17.3. The number of aliphatic hydroxyl groups is 2. The van der Waals surface area contributed by atoms with Gasteiger partial charge < -0.3 is 20.3 Å². The Morgan fingerprint density at radius 2 is 1.70 bits per heavy atom. The number of benzene rings is 2. The number of carbonyl (C=O) groups excluding carboxylic acids is 3. The molecule has 0 heterocycles. The van der Waals surface area contributed by atoms with Crippen LogP contribution in [0.3, 0.4) is 0 Å². The highest BCUT2D eigenvalue weighted by molar-refractivity contribution is 6.00. The quantitative estimate of drug-likeness (QED) is 0.544. The summed E-state index contributed by atoms with van der Waals surface area (Å²) >= 11 is 0. The number of carbonyl (C=O) groups is 3. The molecular formula is C23H27NO6. The minimum Gasteiger partial charge on any atom is -0.465 e. The number of nitrogens with one attached hydrogen (secondary N) is 1. The molecule has 3 atom stereocenters. The lowest BCUT2D eigenvalue weighted by Crippen LogP contribution is -2.43. The topological polar surface area (TPSA) is 113 Å². The van der Waals surface area contributed by atoms with Gasteiger partial charge in [0.25, 0.3) is 5.91 Å². The van der Waals surface area contributed by atoms with Crippen LogP contribution < -0.4 is 5.32 Å². The maximum absolute atomic E-state index is 12.3. The van der Waals surface area contributed by atoms with Gasteiger partial charge in [-0.2, -0.15) is 0 Å². The number of ketones is 1. The van der Waals surface area contributed by atoms with Gasteiger partial charge in [0.15, 0.2) is 11.9 Å². The van der Waals surface area contributed by atoms with Gasteiger partial charge in [-0.25, -0.2) is 4.79 Å². The average molecular weight is 413 g/mol. The predicted octanol–water partition coefficient (Wildman–Crippen LogP) is 2.28. The van der Waals surface area contributed by atoms with E-state index in [-0.39, 0.29) is 23.6 Å². The largest absolute Gasteiger partial charge is 0.465 e. The molecule has 7 nitrogen and oxygen atoms in total. The summed E-state index contributed by atoms with van der Waals surface area (Å²) in [6.07, 6.45) is -3.10. The Labute approximate surface area is 175 Å². The Bertz CT molecular complexity index is 896. The highest BCUT2D eigenvalue weighted by Gasteiger charge is 2.31. The smallest absolute Gasteiger partial charge is 0.337 e. The molecule has 0 saturated carbocycles. The van der Waals surface area contributed by atoms with Crippen LogP contribution in [-0.4, -0.2) is 47.2 Å². The third-order valence-corrected chi connectivity index (χ3v) is 4.64. The molecule has 0 saturated heterocycles. The molecule has 0 bridgehead atoms. The molecule has 0 radical (unpaired) electrons. The monoisotopic (exact) mass is 413 g/mol. The van der Waals surface area contributed by atoms with Gasteiger partial charge in [0.05, 0.1) is 12.7 Å². The summed E-state index contributed by atoms with van der Waals surface area (Å²) in [4.78, 5) is 36.3. The first-order chi connectivity index (χ1) is 14.2. The number of hydrogen-bond acceptors (Lipinski definition) is 6. The number of aryl methyl sites for hydroxylation is 1. The first-order valence-corrected chi connectivity index (χ1v) is 9.65. The van der Waals surface area contributed by atoms with Gasteiger partial charge in [-0.3, -0.25) is 9.59 Å². The summed E-state index contributed by atoms with van der Waals surface area (Å²) in [6.45, 7) is 3.59. The van der Waals surface area contributed by atoms with E-state index >= 15 is 0 Å². The molecule has 0 aliphatic rings. The van der Waals surface area contributed by atoms with Crippen LogP contribution in [0.4, 0.5) is 5.69 Å². The van der Waals surface area contributed by atoms with E-state index in [1.165, 1.54) is 13.2 Å². The van der Waals surface area contributed by atoms with Gasteiger partial charge >= 0.3 is 5.97 Å². The molecule has 2 aromatic rings. The summed E-state index contributed by atoms with van der Waals surface area (Å²) in [6, 6.07) is 14.2. The number of aliphatic hydroxyl groups excluding tert-OH is 2. The van der Waals surface area contributed by atoms with Gasteiger partial charge in [-0.15, -0.1) is 0 Å². The second-order valence-electron chi connectivity index (χ2n) is 7.42. The van der Waals surface area contributed by atoms with Crippen molar-refractivity contribution in [2.24, 2.45) is 5.92 Å². The maximum Gasteiger partial charge on any atom is 0.337 e. The van der Waals surface area contributed by atoms with Gasteiger partial charge in [0, 0.05) is 12.1 Å². The van der Waals surface area contributed by atoms with Crippen molar-refractivity contribution in [2.75, 3.05) is 12.4 Å². The van der Waals surface area contributed by atoms with Gasteiger partial charge in [0.1, 0.15) is 6.10 Å². The van der Waals surface area contributed by atoms with Crippen molar-refractivity contribution in [2.45, 2.75) is 38.9 Å². The van der Waals surface area contributed by atoms with Crippen LogP contribution in [0.25, 0.3) is 0 Å². The zero-order valence-electron chi connectivity index (χ0n) is 17.3. The Kier molecular flexibility index (Phi) is 8.26. The van der Waals surface area contributed by atoms with E-state index in [0.717, 1.165) is 5.56 Å². The van der Waals surface area contributed by atoms with Gasteiger partial charge in [-0.05, 0) is 48.6 Å². The number of rotatable bonds is 9. The van der Waals surface area contributed by atoms with Crippen molar-refractivity contribution in [3.63, 3.8) is 0 Å². The number of hydrogen-bond donors (Lipinski definition) is 3. The molecule has 2 aromatic carbocycles. The Morgan fingerprint density at radius 3 is 2.33 bits per heavy atom. The standard InChI is InChI=1S/C23H27NO6/c1-14(9-16-7-5-4-6-8-16)12-19(25)20(26)21(27)22(28)24-18-11-15(2)10-17(13-18)23(29)30-3/h4-8,10-11,13-14,20-21,26-27H,9,12H2,1-3H3,(H,24,28)/t14-,20+,21-/m1/s1. The van der Waals surface area contributed by atoms with Gasteiger partial charge in [-0.1, -0.05) is 37.3 Å². The van der Waals surface area contributed by atoms with E-state index < -0.39 is 29.9 Å². The normalized spacial score (nSPS) is 13.8. The van der Waals surface area contributed by atoms with Crippen molar-refractivity contribution in [3.05, 3.63) is 65.2 Å². The van der Waals surface area contributed by atoms with Crippen molar-refractivity contribution < 1.29 is 29.3 Å². The molecule has 2 rings (SSSR count). The van der Waals surface area contributed by atoms with Gasteiger partial charge in [0.2, 0.25) is 0 Å². The van der Waals surface area contributed by atoms with Crippen molar-refractivity contribution in [1.82, 2.24) is 0 Å². The molecular weight excluding hydrogens is 386 g/mol. The third kappa shape index (κ3) is 6.50. The Balaban J connectivity index is 1.97. The first kappa shape index (κ1) is 23.3. The summed E-state index contributed by atoms with van der Waals surface area (Å²) in [7, 11) is 1.24. The maximum atomic E-state index is 12.3. The fraction of sp³-hybridized carbons (Fsp3) is 0.348. The Morgan fingerprint density at radius 1 is 1.03 bits per heavy atom. The second kappa shape index (κ2) is 10.7. The number of ether oxygens (including phenoxy) is 1. The minimum atomic E-state index is -1.93. The van der Waals surface area contributed by atoms with Crippen LogP contribution in [0.1, 0.15) is 34.8 Å². The lowest BCUT2D eigenvalue weighted by atomic mass is 9.93. The van der Waals surface area contributed by atoms with Crippen LogP contribution in [0, 0.1) is 12.8 Å². The average Bonchev–Trinajstić information content (AvgIpc) is 2.72. The molecule has 160 valence electrons. The number of amides is 1. The number of esters is 1. The number of methoxy groups -OCH3 is 1. The molecule has 0 fully saturated rings. The summed E-state index contributed by atoms with van der Waals surface area (Å²) in [5.74, 6) is -2.19. The molecule has 3 N–H and O–H groups in total. The molecule has 0 aromatic heterocycles. The van der Waals surface area contributed by atoms with Crippen LogP contribution in [0.5, 0.6) is 0 Å². The van der Waals surface area contributed by atoms with Crippen LogP contribution in [0.15, 0.2) is 48.5 Å². The van der Waals surface area contributed by atoms with E-state index in [0.29, 0.717) is 12.0 Å². The lowest BCUT2D eigenvalue weighted by Gasteiger charge is -2.19. The fourth-order valence-electron chi connectivity index (χ4n) is 3.18. The van der Waals surface area contributed by atoms with E-state index in [1.807, 2.05) is 37.3 Å². The minimum absolute atomic E-state index is 0.0251. The van der Waals surface area contributed by atoms with Crippen molar-refractivity contribution in [1.29, 1.82) is 0 Å². The highest BCUT2D eigenvalue weighted by atomic mass is 16.5. The van der Waals surface area contributed by atoms with E-state index in [4.69, 9.17) is 0 Å². The van der Waals surface area contributed by atoms with Crippen molar-refractivity contribution >= 4 is 23.3 Å². The molecule has 1 amide bonds. The lowest BCUT2D eigenvalue weighted by molar-refractivity contribution is -0.142. The molecule has 0 unspecified atom stereocenters. The third-order valence-electron chi connectivity index (χ3n) is 4.64.